The summed E-state index contributed by atoms with van der Waals surface area (Å²) in [7, 11) is 0. The van der Waals surface area contributed by atoms with Crippen LogP contribution >= 0.6 is 24.0 Å². The van der Waals surface area contributed by atoms with Crippen molar-refractivity contribution in [3.8, 4) is 0 Å². The first kappa shape index (κ1) is 24.2. The number of amides is 1. The van der Waals surface area contributed by atoms with Crippen molar-refractivity contribution in [2.24, 2.45) is 10.7 Å². The van der Waals surface area contributed by atoms with Crippen molar-refractivity contribution >= 4 is 47.2 Å². The van der Waals surface area contributed by atoms with Crippen molar-refractivity contribution < 1.29 is 13.9 Å². The van der Waals surface area contributed by atoms with Crippen LogP contribution in [0.4, 0.5) is 15.8 Å². The lowest BCUT2D eigenvalue weighted by Crippen LogP contribution is -2.51. The first-order valence-electron chi connectivity index (χ1n) is 10.7. The van der Waals surface area contributed by atoms with Gasteiger partial charge < -0.3 is 25.6 Å². The summed E-state index contributed by atoms with van der Waals surface area (Å²) in [5, 5.41) is 2.92. The molecule has 2 fully saturated rings. The second-order valence-corrected chi connectivity index (χ2v) is 7.82. The molecule has 0 spiro atoms. The van der Waals surface area contributed by atoms with Crippen LogP contribution in [0.25, 0.3) is 0 Å². The molecule has 0 aromatic heterocycles. The maximum atomic E-state index is 13.1. The van der Waals surface area contributed by atoms with E-state index in [0.29, 0.717) is 19.1 Å². The number of carbonyl (C=O) groups is 1. The lowest BCUT2D eigenvalue weighted by molar-refractivity contribution is -0.124. The maximum absolute atomic E-state index is 13.1. The normalized spacial score (nSPS) is 18.9. The summed E-state index contributed by atoms with van der Waals surface area (Å²) >= 11 is 0. The molecule has 9 heteroatoms. The Balaban J connectivity index is 0.00000289. The average molecular weight is 553 g/mol. The van der Waals surface area contributed by atoms with E-state index in [2.05, 4.69) is 20.1 Å². The van der Waals surface area contributed by atoms with Gasteiger partial charge in [-0.05, 0) is 54.8 Å². The molecule has 0 radical (unpaired) electrons. The van der Waals surface area contributed by atoms with Gasteiger partial charge in [0.25, 0.3) is 5.91 Å². The Morgan fingerprint density at radius 3 is 2.59 bits per heavy atom. The van der Waals surface area contributed by atoms with E-state index in [-0.39, 0.29) is 41.8 Å². The summed E-state index contributed by atoms with van der Waals surface area (Å²) in [6.45, 7) is 4.19. The first-order chi connectivity index (χ1) is 15.1. The zero-order chi connectivity index (χ0) is 21.6. The number of aliphatic imine (C=N–C) groups is 1. The SMILES string of the molecule is I.NC(=NCc1cccc(NC(=O)C2CCCO2)c1)N1CCN(c2ccc(F)cc2)CC1. The first-order valence-corrected chi connectivity index (χ1v) is 10.7. The molecule has 32 heavy (non-hydrogen) atoms. The van der Waals surface area contributed by atoms with E-state index in [4.69, 9.17) is 10.5 Å². The van der Waals surface area contributed by atoms with Crippen LogP contribution in [0.2, 0.25) is 0 Å². The fourth-order valence-electron chi connectivity index (χ4n) is 3.87. The van der Waals surface area contributed by atoms with Crippen LogP contribution in [-0.4, -0.2) is 55.7 Å². The monoisotopic (exact) mass is 553 g/mol. The number of nitrogens with zero attached hydrogens (tertiary/aromatic N) is 3. The summed E-state index contributed by atoms with van der Waals surface area (Å²) in [5.74, 6) is 0.179. The molecule has 3 N–H and O–H groups in total. The smallest absolute Gasteiger partial charge is 0.253 e. The van der Waals surface area contributed by atoms with Crippen LogP contribution in [0.15, 0.2) is 53.5 Å². The second-order valence-electron chi connectivity index (χ2n) is 7.82. The number of carbonyl (C=O) groups excluding carboxylic acids is 1. The fraction of sp³-hybridized carbons (Fsp3) is 0.391. The Labute approximate surface area is 204 Å². The molecule has 2 aliphatic rings. The largest absolute Gasteiger partial charge is 0.370 e. The zero-order valence-electron chi connectivity index (χ0n) is 17.9. The van der Waals surface area contributed by atoms with Crippen molar-refractivity contribution in [3.63, 3.8) is 0 Å². The summed E-state index contributed by atoms with van der Waals surface area (Å²) in [6, 6.07) is 14.2. The predicted octanol–water partition coefficient (Wildman–Crippen LogP) is 3.20. The molecule has 0 bridgehead atoms. The second kappa shape index (κ2) is 11.5. The minimum Gasteiger partial charge on any atom is -0.370 e. The number of benzene rings is 2. The molecular formula is C23H29FIN5O2. The van der Waals surface area contributed by atoms with Crippen LogP contribution in [0, 0.1) is 5.82 Å². The number of ether oxygens (including phenoxy) is 1. The number of guanidine groups is 1. The number of halogens is 2. The highest BCUT2D eigenvalue weighted by Gasteiger charge is 2.23. The zero-order valence-corrected chi connectivity index (χ0v) is 20.2. The third-order valence-corrected chi connectivity index (χ3v) is 5.64. The Bertz CT molecular complexity index is 926. The van der Waals surface area contributed by atoms with Crippen LogP contribution in [-0.2, 0) is 16.1 Å². The number of hydrogen-bond acceptors (Lipinski definition) is 4. The van der Waals surface area contributed by atoms with Crippen molar-refractivity contribution in [1.82, 2.24) is 4.90 Å². The molecule has 7 nitrogen and oxygen atoms in total. The third kappa shape index (κ3) is 6.32. The lowest BCUT2D eigenvalue weighted by atomic mass is 10.2. The van der Waals surface area contributed by atoms with Crippen LogP contribution < -0.4 is 16.0 Å². The van der Waals surface area contributed by atoms with Gasteiger partial charge in [-0.1, -0.05) is 12.1 Å². The highest BCUT2D eigenvalue weighted by atomic mass is 127. The number of nitrogens with one attached hydrogen (secondary N) is 1. The van der Waals surface area contributed by atoms with E-state index >= 15 is 0 Å². The van der Waals surface area contributed by atoms with E-state index in [9.17, 15) is 9.18 Å². The molecule has 0 aliphatic carbocycles. The van der Waals surface area contributed by atoms with Crippen molar-refractivity contribution in [2.75, 3.05) is 43.0 Å². The predicted molar refractivity (Wildman–Crippen MR) is 135 cm³/mol. The van der Waals surface area contributed by atoms with Gasteiger partial charge in [0.15, 0.2) is 5.96 Å². The number of rotatable bonds is 5. The molecule has 172 valence electrons. The quantitative estimate of drug-likeness (QED) is 0.338. The molecule has 2 aromatic carbocycles. The minimum absolute atomic E-state index is 0. The summed E-state index contributed by atoms with van der Waals surface area (Å²) in [6.07, 6.45) is 1.33. The number of anilines is 2. The van der Waals surface area contributed by atoms with Crippen molar-refractivity contribution in [1.29, 1.82) is 0 Å². The fourth-order valence-corrected chi connectivity index (χ4v) is 3.87. The number of hydrogen-bond donors (Lipinski definition) is 2. The summed E-state index contributed by atoms with van der Waals surface area (Å²) in [4.78, 5) is 21.0. The molecule has 1 atom stereocenters. The summed E-state index contributed by atoms with van der Waals surface area (Å²) < 4.78 is 18.5. The van der Waals surface area contributed by atoms with Gasteiger partial charge in [0, 0.05) is 44.2 Å². The molecule has 2 aliphatic heterocycles. The highest BCUT2D eigenvalue weighted by Crippen LogP contribution is 2.18. The molecule has 0 saturated carbocycles. The van der Waals surface area contributed by atoms with E-state index in [1.165, 1.54) is 12.1 Å². The van der Waals surface area contributed by atoms with Crippen LogP contribution in [0.3, 0.4) is 0 Å². The van der Waals surface area contributed by atoms with E-state index in [1.54, 1.807) is 12.1 Å². The molecule has 2 heterocycles. The van der Waals surface area contributed by atoms with Gasteiger partial charge in [-0.25, -0.2) is 9.38 Å². The molecule has 2 aromatic rings. The average Bonchev–Trinajstić information content (AvgIpc) is 3.34. The van der Waals surface area contributed by atoms with Crippen LogP contribution in [0.1, 0.15) is 18.4 Å². The molecule has 1 amide bonds. The summed E-state index contributed by atoms with van der Waals surface area (Å²) in [5.41, 5.74) is 8.94. The Hall–Kier alpha value is -2.40. The molecule has 4 rings (SSSR count). The number of nitrogens with two attached hydrogens (primary N) is 1. The molecular weight excluding hydrogens is 524 g/mol. The van der Waals surface area contributed by atoms with Gasteiger partial charge in [-0.3, -0.25) is 4.79 Å². The van der Waals surface area contributed by atoms with Crippen molar-refractivity contribution in [3.05, 3.63) is 59.9 Å². The van der Waals surface area contributed by atoms with Gasteiger partial charge in [0.05, 0.1) is 6.54 Å². The topological polar surface area (TPSA) is 83.2 Å². The van der Waals surface area contributed by atoms with E-state index < -0.39 is 0 Å². The van der Waals surface area contributed by atoms with Gasteiger partial charge in [-0.15, -0.1) is 24.0 Å². The minimum atomic E-state index is -0.356. The van der Waals surface area contributed by atoms with E-state index in [0.717, 1.165) is 56.0 Å². The third-order valence-electron chi connectivity index (χ3n) is 5.64. The Morgan fingerprint density at radius 2 is 1.91 bits per heavy atom. The molecule has 1 unspecified atom stereocenters. The van der Waals surface area contributed by atoms with Gasteiger partial charge in [-0.2, -0.15) is 0 Å². The lowest BCUT2D eigenvalue weighted by Gasteiger charge is -2.36. The van der Waals surface area contributed by atoms with Gasteiger partial charge >= 0.3 is 0 Å². The maximum Gasteiger partial charge on any atom is 0.253 e. The highest BCUT2D eigenvalue weighted by molar-refractivity contribution is 14.0. The number of piperazine rings is 1. The van der Waals surface area contributed by atoms with Gasteiger partial charge in [0.2, 0.25) is 0 Å². The van der Waals surface area contributed by atoms with E-state index in [1.807, 2.05) is 24.3 Å². The molecule has 2 saturated heterocycles. The van der Waals surface area contributed by atoms with Gasteiger partial charge in [0.1, 0.15) is 11.9 Å². The Morgan fingerprint density at radius 1 is 1.16 bits per heavy atom. The standard InChI is InChI=1S/C23H28FN5O2.HI/c24-18-6-8-20(9-7-18)28-10-12-29(13-11-28)23(25)26-16-17-3-1-4-19(15-17)27-22(30)21-5-2-14-31-21;/h1,3-4,6-9,15,21H,2,5,10-14,16H2,(H2,25,26)(H,27,30);1H. The Kier molecular flexibility index (Phi) is 8.68. The van der Waals surface area contributed by atoms with Crippen molar-refractivity contribution in [2.45, 2.75) is 25.5 Å². The van der Waals surface area contributed by atoms with Crippen LogP contribution in [0.5, 0.6) is 0 Å².